The second kappa shape index (κ2) is 25.1. The summed E-state index contributed by atoms with van der Waals surface area (Å²) in [6, 6.07) is 117. The van der Waals surface area contributed by atoms with Crippen molar-refractivity contribution in [3.05, 3.63) is 328 Å². The zero-order valence-electron chi connectivity index (χ0n) is 42.0. The molecule has 12 aromatic carbocycles. The summed E-state index contributed by atoms with van der Waals surface area (Å²) in [5.74, 6) is 0. The highest BCUT2D eigenvalue weighted by atomic mass is 15.2. The topological polar surface area (TPSA) is 13.0 Å². The molecule has 0 atom stereocenters. The van der Waals surface area contributed by atoms with Gasteiger partial charge in [0, 0.05) is 68.2 Å². The van der Waals surface area contributed by atoms with Gasteiger partial charge in [0.05, 0.1) is 0 Å². The Morgan fingerprint density at radius 3 is 0.329 bits per heavy atom. The molecule has 386 valence electrons. The Balaban J connectivity index is 0.00000252. The van der Waals surface area contributed by atoms with E-state index in [0.717, 1.165) is 102 Å². The van der Waals surface area contributed by atoms with E-state index >= 15 is 0 Å². The summed E-state index contributed by atoms with van der Waals surface area (Å²) in [5, 5.41) is 0. The third-order valence-electron chi connectivity index (χ3n) is 13.8. The van der Waals surface area contributed by atoms with E-state index in [0.29, 0.717) is 0 Å². The van der Waals surface area contributed by atoms with E-state index in [9.17, 15) is 0 Å². The van der Waals surface area contributed by atoms with Gasteiger partial charge in [-0.15, -0.1) is 0 Å². The summed E-state index contributed by atoms with van der Waals surface area (Å²) < 4.78 is 0. The first-order chi connectivity index (χ1) is 37.7. The lowest BCUT2D eigenvalue weighted by Gasteiger charge is -2.26. The Kier molecular flexibility index (Phi) is 17.1. The van der Waals surface area contributed by atoms with Gasteiger partial charge in [-0.2, -0.15) is 0 Å². The standard InChI is InChI=1S/C72H54N4.3CH4/c1-7-19-61(20-8-1)73(62-21-9-2-10-22-62)67-43-31-55(32-44-67)57-35-47-69(48-36-57)75(65-27-15-5-16-28-65)71-51-39-59(40-52-71)60-41-53-72(54-42-60)76(66-29-17-6-18-30-66)70-49-37-58(38-50-70)56-33-45-68(46-34-56)74(63-23-11-3-12-24-63)64-25-13-4-14-26-64;;;/h1-54H;3*1H4. The molecule has 4 nitrogen and oxygen atoms in total. The molecule has 0 aliphatic carbocycles. The quantitative estimate of drug-likeness (QED) is 0.101. The highest BCUT2D eigenvalue weighted by Crippen LogP contribution is 2.41. The number of anilines is 12. The fourth-order valence-electron chi connectivity index (χ4n) is 10.1. The maximum Gasteiger partial charge on any atom is 0.0462 e. The second-order valence-electron chi connectivity index (χ2n) is 18.6. The molecule has 0 amide bonds. The summed E-state index contributed by atoms with van der Waals surface area (Å²) in [6.07, 6.45) is 0. The number of rotatable bonds is 15. The van der Waals surface area contributed by atoms with Gasteiger partial charge in [0.2, 0.25) is 0 Å². The molecule has 0 unspecified atom stereocenters. The van der Waals surface area contributed by atoms with E-state index in [1.165, 1.54) is 0 Å². The number of benzene rings is 12. The lowest BCUT2D eigenvalue weighted by atomic mass is 10.0. The third kappa shape index (κ3) is 11.8. The summed E-state index contributed by atoms with van der Waals surface area (Å²) in [5.41, 5.74) is 20.2. The van der Waals surface area contributed by atoms with Gasteiger partial charge in [0.25, 0.3) is 0 Å². The van der Waals surface area contributed by atoms with Crippen molar-refractivity contribution >= 4 is 68.2 Å². The maximum absolute atomic E-state index is 2.32. The first-order valence-corrected chi connectivity index (χ1v) is 25.8. The maximum atomic E-state index is 2.32. The molecule has 0 spiro atoms. The fraction of sp³-hybridized carbons (Fsp3) is 0.0400. The largest absolute Gasteiger partial charge is 0.311 e. The van der Waals surface area contributed by atoms with E-state index in [2.05, 4.69) is 347 Å². The minimum Gasteiger partial charge on any atom is -0.311 e. The summed E-state index contributed by atoms with van der Waals surface area (Å²) in [7, 11) is 0. The molecule has 4 heteroatoms. The van der Waals surface area contributed by atoms with Crippen molar-refractivity contribution in [2.45, 2.75) is 22.3 Å². The van der Waals surface area contributed by atoms with E-state index in [1.807, 2.05) is 0 Å². The van der Waals surface area contributed by atoms with Crippen LogP contribution in [-0.2, 0) is 0 Å². The van der Waals surface area contributed by atoms with E-state index in [4.69, 9.17) is 0 Å². The van der Waals surface area contributed by atoms with Crippen LogP contribution in [0.25, 0.3) is 33.4 Å². The zero-order valence-corrected chi connectivity index (χ0v) is 42.0. The molecular weight excluding hydrogens is 957 g/mol. The van der Waals surface area contributed by atoms with Crippen molar-refractivity contribution in [1.82, 2.24) is 0 Å². The van der Waals surface area contributed by atoms with Gasteiger partial charge >= 0.3 is 0 Å². The molecule has 0 fully saturated rings. The van der Waals surface area contributed by atoms with Gasteiger partial charge < -0.3 is 19.6 Å². The molecule has 0 saturated carbocycles. The van der Waals surface area contributed by atoms with Gasteiger partial charge in [-0.25, -0.2) is 0 Å². The summed E-state index contributed by atoms with van der Waals surface area (Å²) in [6.45, 7) is 0. The van der Waals surface area contributed by atoms with Crippen LogP contribution in [0.15, 0.2) is 328 Å². The van der Waals surface area contributed by atoms with Crippen molar-refractivity contribution in [3.63, 3.8) is 0 Å². The molecule has 0 aliphatic rings. The van der Waals surface area contributed by atoms with E-state index < -0.39 is 0 Å². The van der Waals surface area contributed by atoms with Gasteiger partial charge in [-0.3, -0.25) is 0 Å². The van der Waals surface area contributed by atoms with Crippen LogP contribution in [0.2, 0.25) is 0 Å². The normalized spacial score (nSPS) is 10.5. The molecule has 0 aliphatic heterocycles. The Morgan fingerprint density at radius 1 is 0.114 bits per heavy atom. The van der Waals surface area contributed by atoms with Crippen molar-refractivity contribution in [3.8, 4) is 33.4 Å². The SMILES string of the molecule is C.C.C.c1ccc(N(c2ccccc2)c2ccc(-c3ccc(N(c4ccccc4)c4ccc(-c5ccc(N(c6ccccc6)c6ccc(-c7ccc(N(c8ccccc8)c8ccccc8)cc7)cc6)cc5)cc4)cc3)cc2)cc1. The molecule has 12 rings (SSSR count). The molecule has 0 heterocycles. The molecule has 0 N–H and O–H groups in total. The molecule has 0 aromatic heterocycles. The fourth-order valence-corrected chi connectivity index (χ4v) is 10.1. The van der Waals surface area contributed by atoms with E-state index in [-0.39, 0.29) is 22.3 Å². The first kappa shape index (κ1) is 53.7. The molecular formula is C75H66N4. The van der Waals surface area contributed by atoms with Crippen LogP contribution in [0.3, 0.4) is 0 Å². The predicted molar refractivity (Wildman–Crippen MR) is 342 cm³/mol. The van der Waals surface area contributed by atoms with Crippen molar-refractivity contribution < 1.29 is 0 Å². The average molecular weight is 1020 g/mol. The average Bonchev–Trinajstić information content (AvgIpc) is 3.52. The van der Waals surface area contributed by atoms with Gasteiger partial charge in [0.1, 0.15) is 0 Å². The second-order valence-corrected chi connectivity index (χ2v) is 18.6. The minimum atomic E-state index is 0. The van der Waals surface area contributed by atoms with Crippen molar-refractivity contribution in [2.75, 3.05) is 19.6 Å². The molecule has 79 heavy (non-hydrogen) atoms. The summed E-state index contributed by atoms with van der Waals surface area (Å²) >= 11 is 0. The summed E-state index contributed by atoms with van der Waals surface area (Å²) in [4.78, 5) is 9.22. The van der Waals surface area contributed by atoms with Crippen molar-refractivity contribution in [2.24, 2.45) is 0 Å². The Morgan fingerprint density at radius 2 is 0.215 bits per heavy atom. The predicted octanol–water partition coefficient (Wildman–Crippen LogP) is 22.5. The zero-order chi connectivity index (χ0) is 50.9. The number of hydrogen-bond donors (Lipinski definition) is 0. The van der Waals surface area contributed by atoms with Gasteiger partial charge in [0.15, 0.2) is 0 Å². The van der Waals surface area contributed by atoms with E-state index in [1.54, 1.807) is 0 Å². The van der Waals surface area contributed by atoms with Crippen LogP contribution < -0.4 is 19.6 Å². The van der Waals surface area contributed by atoms with Crippen LogP contribution in [0.5, 0.6) is 0 Å². The van der Waals surface area contributed by atoms with Crippen molar-refractivity contribution in [1.29, 1.82) is 0 Å². The highest BCUT2D eigenvalue weighted by molar-refractivity contribution is 5.84. The van der Waals surface area contributed by atoms with Crippen LogP contribution >= 0.6 is 0 Å². The number of para-hydroxylation sites is 6. The molecule has 12 aromatic rings. The lowest BCUT2D eigenvalue weighted by molar-refractivity contribution is 1.28. The van der Waals surface area contributed by atoms with Crippen LogP contribution in [-0.4, -0.2) is 0 Å². The highest BCUT2D eigenvalue weighted by Gasteiger charge is 2.18. The monoisotopic (exact) mass is 1020 g/mol. The third-order valence-corrected chi connectivity index (χ3v) is 13.8. The van der Waals surface area contributed by atoms with Crippen LogP contribution in [0, 0.1) is 0 Å². The lowest BCUT2D eigenvalue weighted by Crippen LogP contribution is -2.10. The van der Waals surface area contributed by atoms with Crippen LogP contribution in [0.4, 0.5) is 68.2 Å². The molecule has 0 bridgehead atoms. The van der Waals surface area contributed by atoms with Gasteiger partial charge in [-0.05, 0) is 179 Å². The first-order valence-electron chi connectivity index (χ1n) is 25.8. The Bertz CT molecular complexity index is 3390. The smallest absolute Gasteiger partial charge is 0.0462 e. The minimum absolute atomic E-state index is 0. The molecule has 0 radical (unpaired) electrons. The number of hydrogen-bond acceptors (Lipinski definition) is 4. The van der Waals surface area contributed by atoms with Gasteiger partial charge in [-0.1, -0.05) is 204 Å². The Hall–Kier alpha value is -10.2. The molecule has 0 saturated heterocycles. The Labute approximate surface area is 468 Å². The van der Waals surface area contributed by atoms with Crippen LogP contribution in [0.1, 0.15) is 22.3 Å². The number of nitrogens with zero attached hydrogens (tertiary/aromatic N) is 4.